The zero-order valence-electron chi connectivity index (χ0n) is 12.5. The van der Waals surface area contributed by atoms with Gasteiger partial charge in [0, 0.05) is 5.39 Å². The molecular formula is C17H17NO4. The SMILES string of the molecule is CCOC(=O)C(=Cc1ccc2ccccc2n1)C(=O)OCC. The molecule has 0 saturated carbocycles. The summed E-state index contributed by atoms with van der Waals surface area (Å²) in [6, 6.07) is 11.2. The lowest BCUT2D eigenvalue weighted by atomic mass is 10.1. The molecule has 1 aromatic heterocycles. The Morgan fingerprint density at radius 1 is 1.00 bits per heavy atom. The summed E-state index contributed by atoms with van der Waals surface area (Å²) in [7, 11) is 0. The highest BCUT2D eigenvalue weighted by atomic mass is 16.6. The van der Waals surface area contributed by atoms with Crippen LogP contribution in [0.5, 0.6) is 0 Å². The second-order valence-corrected chi connectivity index (χ2v) is 4.43. The van der Waals surface area contributed by atoms with Gasteiger partial charge in [0.1, 0.15) is 5.57 Å². The Morgan fingerprint density at radius 3 is 2.27 bits per heavy atom. The van der Waals surface area contributed by atoms with Crippen molar-refractivity contribution in [2.45, 2.75) is 13.8 Å². The summed E-state index contributed by atoms with van der Waals surface area (Å²) in [5.41, 5.74) is 1.12. The van der Waals surface area contributed by atoms with Gasteiger partial charge in [-0.2, -0.15) is 0 Å². The third-order valence-corrected chi connectivity index (χ3v) is 2.90. The highest BCUT2D eigenvalue weighted by Gasteiger charge is 2.21. The molecule has 0 bridgehead atoms. The highest BCUT2D eigenvalue weighted by Crippen LogP contribution is 2.15. The van der Waals surface area contributed by atoms with Crippen molar-refractivity contribution in [3.8, 4) is 0 Å². The Labute approximate surface area is 128 Å². The standard InChI is InChI=1S/C17H17NO4/c1-3-21-16(19)14(17(20)22-4-2)11-13-10-9-12-7-5-6-8-15(12)18-13/h5-11H,3-4H2,1-2H3. The number of nitrogens with zero attached hydrogens (tertiary/aromatic N) is 1. The molecule has 114 valence electrons. The maximum Gasteiger partial charge on any atom is 0.345 e. The number of rotatable bonds is 5. The molecule has 5 nitrogen and oxygen atoms in total. The third-order valence-electron chi connectivity index (χ3n) is 2.90. The van der Waals surface area contributed by atoms with E-state index in [2.05, 4.69) is 4.98 Å². The summed E-state index contributed by atoms with van der Waals surface area (Å²) < 4.78 is 9.79. The molecule has 0 saturated heterocycles. The van der Waals surface area contributed by atoms with E-state index in [9.17, 15) is 9.59 Å². The molecule has 0 aliphatic heterocycles. The summed E-state index contributed by atoms with van der Waals surface area (Å²) in [5, 5.41) is 0.980. The van der Waals surface area contributed by atoms with Gasteiger partial charge in [-0.3, -0.25) is 0 Å². The zero-order valence-corrected chi connectivity index (χ0v) is 12.5. The van der Waals surface area contributed by atoms with Gasteiger partial charge in [-0.05, 0) is 32.1 Å². The van der Waals surface area contributed by atoms with Crippen LogP contribution < -0.4 is 0 Å². The predicted molar refractivity (Wildman–Crippen MR) is 83.0 cm³/mol. The fraction of sp³-hybridized carbons (Fsp3) is 0.235. The van der Waals surface area contributed by atoms with Crippen LogP contribution in [0, 0.1) is 0 Å². The van der Waals surface area contributed by atoms with E-state index < -0.39 is 11.9 Å². The van der Waals surface area contributed by atoms with E-state index in [-0.39, 0.29) is 18.8 Å². The lowest BCUT2D eigenvalue weighted by Crippen LogP contribution is -2.18. The van der Waals surface area contributed by atoms with Gasteiger partial charge >= 0.3 is 11.9 Å². The van der Waals surface area contributed by atoms with E-state index in [0.717, 1.165) is 10.9 Å². The van der Waals surface area contributed by atoms with Gasteiger partial charge in [0.25, 0.3) is 0 Å². The summed E-state index contributed by atoms with van der Waals surface area (Å²) in [4.78, 5) is 28.2. The first-order valence-electron chi connectivity index (χ1n) is 7.07. The summed E-state index contributed by atoms with van der Waals surface area (Å²) >= 11 is 0. The first-order valence-corrected chi connectivity index (χ1v) is 7.07. The van der Waals surface area contributed by atoms with Crippen LogP contribution >= 0.6 is 0 Å². The molecule has 22 heavy (non-hydrogen) atoms. The van der Waals surface area contributed by atoms with Gasteiger partial charge in [0.15, 0.2) is 0 Å². The molecule has 0 fully saturated rings. The molecule has 5 heteroatoms. The Bertz CT molecular complexity index is 701. The largest absolute Gasteiger partial charge is 0.462 e. The molecule has 0 radical (unpaired) electrons. The number of carbonyl (C=O) groups is 2. The van der Waals surface area contributed by atoms with Gasteiger partial charge in [0.05, 0.1) is 24.4 Å². The molecule has 0 aliphatic rings. The Hall–Kier alpha value is -2.69. The first-order chi connectivity index (χ1) is 10.7. The minimum Gasteiger partial charge on any atom is -0.462 e. The van der Waals surface area contributed by atoms with Gasteiger partial charge in [0.2, 0.25) is 0 Å². The summed E-state index contributed by atoms with van der Waals surface area (Å²) in [6.07, 6.45) is 1.39. The molecule has 0 amide bonds. The number of hydrogen-bond acceptors (Lipinski definition) is 5. The maximum atomic E-state index is 11.9. The highest BCUT2D eigenvalue weighted by molar-refractivity contribution is 6.17. The van der Waals surface area contributed by atoms with Crippen LogP contribution in [0.25, 0.3) is 17.0 Å². The maximum absolute atomic E-state index is 11.9. The van der Waals surface area contributed by atoms with E-state index in [0.29, 0.717) is 5.69 Å². The number of ether oxygens (including phenoxy) is 2. The molecule has 2 rings (SSSR count). The second-order valence-electron chi connectivity index (χ2n) is 4.43. The van der Waals surface area contributed by atoms with Gasteiger partial charge in [-0.1, -0.05) is 24.3 Å². The Balaban J connectivity index is 2.41. The quantitative estimate of drug-likeness (QED) is 0.367. The first kappa shape index (κ1) is 15.7. The molecule has 2 aromatic rings. The van der Waals surface area contributed by atoms with Crippen LogP contribution in [-0.4, -0.2) is 30.1 Å². The van der Waals surface area contributed by atoms with E-state index in [1.165, 1.54) is 6.08 Å². The van der Waals surface area contributed by atoms with Crippen molar-refractivity contribution in [3.63, 3.8) is 0 Å². The number of para-hydroxylation sites is 1. The third kappa shape index (κ3) is 3.69. The van der Waals surface area contributed by atoms with Crippen LogP contribution in [0.3, 0.4) is 0 Å². The minimum absolute atomic E-state index is 0.161. The van der Waals surface area contributed by atoms with E-state index >= 15 is 0 Å². The molecule has 1 heterocycles. The van der Waals surface area contributed by atoms with E-state index in [1.807, 2.05) is 30.3 Å². The minimum atomic E-state index is -0.712. The van der Waals surface area contributed by atoms with Crippen molar-refractivity contribution >= 4 is 28.9 Å². The molecular weight excluding hydrogens is 282 g/mol. The Morgan fingerprint density at radius 2 is 1.64 bits per heavy atom. The average Bonchev–Trinajstić information content (AvgIpc) is 2.52. The van der Waals surface area contributed by atoms with Gasteiger partial charge in [-0.25, -0.2) is 14.6 Å². The van der Waals surface area contributed by atoms with Gasteiger partial charge in [-0.15, -0.1) is 0 Å². The zero-order chi connectivity index (χ0) is 15.9. The van der Waals surface area contributed by atoms with Crippen molar-refractivity contribution < 1.29 is 19.1 Å². The lowest BCUT2D eigenvalue weighted by molar-refractivity contribution is -0.146. The number of aromatic nitrogens is 1. The fourth-order valence-corrected chi connectivity index (χ4v) is 1.93. The monoisotopic (exact) mass is 299 g/mol. The van der Waals surface area contributed by atoms with E-state index in [1.54, 1.807) is 19.9 Å². The van der Waals surface area contributed by atoms with Crippen molar-refractivity contribution in [2.75, 3.05) is 13.2 Å². The second kappa shape index (κ2) is 7.36. The number of esters is 2. The van der Waals surface area contributed by atoms with E-state index in [4.69, 9.17) is 9.47 Å². The lowest BCUT2D eigenvalue weighted by Gasteiger charge is -2.06. The summed E-state index contributed by atoms with van der Waals surface area (Å²) in [5.74, 6) is -1.42. The van der Waals surface area contributed by atoms with Crippen molar-refractivity contribution in [3.05, 3.63) is 47.7 Å². The van der Waals surface area contributed by atoms with Crippen LogP contribution in [0.1, 0.15) is 19.5 Å². The van der Waals surface area contributed by atoms with Crippen LogP contribution in [0.15, 0.2) is 42.0 Å². The topological polar surface area (TPSA) is 65.5 Å². The molecule has 0 unspecified atom stereocenters. The van der Waals surface area contributed by atoms with Crippen molar-refractivity contribution in [1.29, 1.82) is 0 Å². The predicted octanol–water partition coefficient (Wildman–Crippen LogP) is 2.74. The number of pyridine rings is 1. The smallest absolute Gasteiger partial charge is 0.345 e. The molecule has 0 N–H and O–H groups in total. The number of carbonyl (C=O) groups excluding carboxylic acids is 2. The molecule has 0 aliphatic carbocycles. The van der Waals surface area contributed by atoms with Crippen molar-refractivity contribution in [2.24, 2.45) is 0 Å². The molecule has 0 atom stereocenters. The molecule has 0 spiro atoms. The fourth-order valence-electron chi connectivity index (χ4n) is 1.93. The number of fused-ring (bicyclic) bond motifs is 1. The number of hydrogen-bond donors (Lipinski definition) is 0. The van der Waals surface area contributed by atoms with Crippen LogP contribution in [-0.2, 0) is 19.1 Å². The molecule has 1 aromatic carbocycles. The van der Waals surface area contributed by atoms with Crippen molar-refractivity contribution in [1.82, 2.24) is 4.98 Å². The normalized spacial score (nSPS) is 10.1. The average molecular weight is 299 g/mol. The Kier molecular flexibility index (Phi) is 5.25. The van der Waals surface area contributed by atoms with Gasteiger partial charge < -0.3 is 9.47 Å². The van der Waals surface area contributed by atoms with Crippen LogP contribution in [0.4, 0.5) is 0 Å². The summed E-state index contributed by atoms with van der Waals surface area (Å²) in [6.45, 7) is 3.71. The number of benzene rings is 1. The van der Waals surface area contributed by atoms with Crippen LogP contribution in [0.2, 0.25) is 0 Å².